The third-order valence-corrected chi connectivity index (χ3v) is 7.01. The van der Waals surface area contributed by atoms with Crippen LogP contribution in [-0.2, 0) is 9.53 Å². The number of rotatable bonds is 8. The molecule has 0 bridgehead atoms. The number of urea groups is 1. The first-order valence-corrected chi connectivity index (χ1v) is 12.0. The van der Waals surface area contributed by atoms with Gasteiger partial charge >= 0.3 is 18.1 Å². The number of carbonyl (C=O) groups excluding carboxylic acids is 2. The SMILES string of the molecule is O=C(O)CC1(C2CC(NCCNC(=O)N3C(=O)OC[C@@H]3c3ccc(F)c(F)c3)CCN2)C=CC=CC1. The Kier molecular flexibility index (Phi) is 8.00. The highest BCUT2D eigenvalue weighted by Crippen LogP contribution is 2.39. The van der Waals surface area contributed by atoms with E-state index >= 15 is 0 Å². The van der Waals surface area contributed by atoms with Crippen molar-refractivity contribution in [2.45, 2.75) is 43.8 Å². The van der Waals surface area contributed by atoms with E-state index in [1.807, 2.05) is 24.3 Å². The maximum absolute atomic E-state index is 13.6. The number of allylic oxidation sites excluding steroid dienone is 3. The molecule has 4 atom stereocenters. The summed E-state index contributed by atoms with van der Waals surface area (Å²) < 4.78 is 31.9. The van der Waals surface area contributed by atoms with E-state index in [1.54, 1.807) is 0 Å². The molecule has 1 aliphatic carbocycles. The summed E-state index contributed by atoms with van der Waals surface area (Å²) in [6.07, 6.45) is 9.23. The van der Waals surface area contributed by atoms with Crippen LogP contribution in [0.1, 0.15) is 37.3 Å². The third kappa shape index (κ3) is 5.73. The summed E-state index contributed by atoms with van der Waals surface area (Å²) in [5.41, 5.74) is -0.226. The largest absolute Gasteiger partial charge is 0.481 e. The molecule has 0 radical (unpaired) electrons. The molecule has 3 aliphatic rings. The van der Waals surface area contributed by atoms with Crippen molar-refractivity contribution in [3.8, 4) is 0 Å². The molecule has 2 fully saturated rings. The highest BCUT2D eigenvalue weighted by atomic mass is 19.2. The van der Waals surface area contributed by atoms with Crippen molar-refractivity contribution in [3.05, 3.63) is 59.7 Å². The first kappa shape index (κ1) is 25.8. The first-order valence-electron chi connectivity index (χ1n) is 12.0. The Morgan fingerprint density at radius 1 is 1.22 bits per heavy atom. The molecular formula is C25H30F2N4O5. The molecule has 1 aromatic carbocycles. The predicted octanol–water partition coefficient (Wildman–Crippen LogP) is 2.86. The Hall–Kier alpha value is -3.31. The number of benzene rings is 1. The number of carboxylic acid groups (broad SMARTS) is 1. The van der Waals surface area contributed by atoms with Crippen molar-refractivity contribution in [2.75, 3.05) is 26.2 Å². The number of piperidine rings is 1. The summed E-state index contributed by atoms with van der Waals surface area (Å²) >= 11 is 0. The molecule has 0 saturated carbocycles. The lowest BCUT2D eigenvalue weighted by Gasteiger charge is -2.43. The summed E-state index contributed by atoms with van der Waals surface area (Å²) in [6, 6.07) is 1.79. The van der Waals surface area contributed by atoms with Crippen LogP contribution in [0, 0.1) is 17.0 Å². The minimum Gasteiger partial charge on any atom is -0.481 e. The second kappa shape index (κ2) is 11.2. The zero-order chi connectivity index (χ0) is 25.7. The van der Waals surface area contributed by atoms with Gasteiger partial charge < -0.3 is 25.8 Å². The Balaban J connectivity index is 1.28. The van der Waals surface area contributed by atoms with Crippen LogP contribution >= 0.6 is 0 Å². The molecule has 3 amide bonds. The predicted molar refractivity (Wildman–Crippen MR) is 126 cm³/mol. The van der Waals surface area contributed by atoms with Crippen LogP contribution in [0.15, 0.2) is 42.5 Å². The zero-order valence-electron chi connectivity index (χ0n) is 19.7. The Morgan fingerprint density at radius 2 is 2.06 bits per heavy atom. The number of hydrogen-bond donors (Lipinski definition) is 4. The van der Waals surface area contributed by atoms with E-state index in [9.17, 15) is 28.3 Å². The van der Waals surface area contributed by atoms with Crippen molar-refractivity contribution in [2.24, 2.45) is 5.41 Å². The number of aliphatic carboxylic acids is 1. The van der Waals surface area contributed by atoms with Crippen LogP contribution in [0.2, 0.25) is 0 Å². The lowest BCUT2D eigenvalue weighted by atomic mass is 9.69. The van der Waals surface area contributed by atoms with Gasteiger partial charge in [0.2, 0.25) is 0 Å². The average Bonchev–Trinajstić information content (AvgIpc) is 3.25. The van der Waals surface area contributed by atoms with Crippen LogP contribution in [0.3, 0.4) is 0 Å². The van der Waals surface area contributed by atoms with Crippen LogP contribution in [0.5, 0.6) is 0 Å². The minimum atomic E-state index is -1.07. The molecule has 2 saturated heterocycles. The molecule has 0 spiro atoms. The van der Waals surface area contributed by atoms with E-state index in [-0.39, 0.29) is 37.2 Å². The van der Waals surface area contributed by atoms with Crippen molar-refractivity contribution >= 4 is 18.1 Å². The Labute approximate surface area is 207 Å². The lowest BCUT2D eigenvalue weighted by molar-refractivity contribution is -0.139. The van der Waals surface area contributed by atoms with E-state index in [0.717, 1.165) is 36.4 Å². The number of amides is 3. The molecule has 194 valence electrons. The maximum atomic E-state index is 13.6. The Bertz CT molecular complexity index is 1060. The number of hydrogen-bond acceptors (Lipinski definition) is 6. The molecular weight excluding hydrogens is 474 g/mol. The van der Waals surface area contributed by atoms with E-state index in [1.165, 1.54) is 6.07 Å². The van der Waals surface area contributed by atoms with Gasteiger partial charge in [0.1, 0.15) is 12.6 Å². The van der Waals surface area contributed by atoms with E-state index in [0.29, 0.717) is 13.0 Å². The van der Waals surface area contributed by atoms with Gasteiger partial charge in [-0.3, -0.25) is 4.79 Å². The van der Waals surface area contributed by atoms with Crippen LogP contribution < -0.4 is 16.0 Å². The molecule has 36 heavy (non-hydrogen) atoms. The number of carbonyl (C=O) groups is 3. The van der Waals surface area contributed by atoms with Crippen molar-refractivity contribution in [1.82, 2.24) is 20.9 Å². The van der Waals surface area contributed by atoms with Crippen LogP contribution in [0.25, 0.3) is 0 Å². The van der Waals surface area contributed by atoms with Crippen molar-refractivity contribution in [1.29, 1.82) is 0 Å². The summed E-state index contributed by atoms with van der Waals surface area (Å²) in [5.74, 6) is -2.92. The second-order valence-electron chi connectivity index (χ2n) is 9.35. The summed E-state index contributed by atoms with van der Waals surface area (Å²) in [6.45, 7) is 1.26. The Morgan fingerprint density at radius 3 is 2.78 bits per heavy atom. The van der Waals surface area contributed by atoms with Gasteiger partial charge in [-0.1, -0.05) is 30.4 Å². The number of ether oxygens (including phenoxy) is 1. The minimum absolute atomic E-state index is 0.00752. The number of cyclic esters (lactones) is 1. The van der Waals surface area contributed by atoms with Crippen LogP contribution in [0.4, 0.5) is 18.4 Å². The fourth-order valence-corrected chi connectivity index (χ4v) is 5.16. The van der Waals surface area contributed by atoms with Gasteiger partial charge in [0, 0.05) is 30.6 Å². The topological polar surface area (TPSA) is 120 Å². The highest BCUT2D eigenvalue weighted by molar-refractivity contribution is 5.92. The van der Waals surface area contributed by atoms with Gasteiger partial charge in [-0.05, 0) is 43.5 Å². The number of halogens is 2. The van der Waals surface area contributed by atoms with Gasteiger partial charge in [-0.15, -0.1) is 0 Å². The first-order chi connectivity index (χ1) is 17.3. The number of nitrogens with zero attached hydrogens (tertiary/aromatic N) is 1. The number of carboxylic acids is 1. The van der Waals surface area contributed by atoms with E-state index in [4.69, 9.17) is 4.74 Å². The van der Waals surface area contributed by atoms with E-state index < -0.39 is 41.2 Å². The maximum Gasteiger partial charge on any atom is 0.418 e. The fraction of sp³-hybridized carbons (Fsp3) is 0.480. The molecule has 4 rings (SSSR count). The summed E-state index contributed by atoms with van der Waals surface area (Å²) in [7, 11) is 0. The molecule has 2 heterocycles. The standard InChI is InChI=1S/C25H30F2N4O5/c26-18-5-4-16(12-19(18)27)20-15-36-24(35)31(20)23(34)30-11-10-28-17-6-9-29-21(13-17)25(14-22(32)33)7-2-1-3-8-25/h1-5,7,12,17,20-21,28-29H,6,8-11,13-15H2,(H,30,34)(H,32,33)/t17?,20-,21?,25?/m1/s1. The summed E-state index contributed by atoms with van der Waals surface area (Å²) in [4.78, 5) is 37.2. The normalized spacial score (nSPS) is 27.7. The van der Waals surface area contributed by atoms with Crippen molar-refractivity contribution < 1.29 is 33.0 Å². The molecule has 4 N–H and O–H groups in total. The third-order valence-electron chi connectivity index (χ3n) is 7.01. The number of imide groups is 1. The monoisotopic (exact) mass is 504 g/mol. The average molecular weight is 505 g/mol. The fourth-order valence-electron chi connectivity index (χ4n) is 5.16. The zero-order valence-corrected chi connectivity index (χ0v) is 19.7. The van der Waals surface area contributed by atoms with E-state index in [2.05, 4.69) is 16.0 Å². The second-order valence-corrected chi connectivity index (χ2v) is 9.35. The highest BCUT2D eigenvalue weighted by Gasteiger charge is 2.41. The smallest absolute Gasteiger partial charge is 0.418 e. The van der Waals surface area contributed by atoms with Crippen LogP contribution in [-0.4, -0.2) is 66.4 Å². The van der Waals surface area contributed by atoms with Gasteiger partial charge in [-0.2, -0.15) is 0 Å². The summed E-state index contributed by atoms with van der Waals surface area (Å²) in [5, 5.41) is 19.0. The molecule has 3 unspecified atom stereocenters. The van der Waals surface area contributed by atoms with Gasteiger partial charge in [0.05, 0.1) is 6.42 Å². The quantitative estimate of drug-likeness (QED) is 0.402. The van der Waals surface area contributed by atoms with Gasteiger partial charge in [0.25, 0.3) is 0 Å². The molecule has 11 heteroatoms. The molecule has 9 nitrogen and oxygen atoms in total. The van der Waals surface area contributed by atoms with Crippen molar-refractivity contribution in [3.63, 3.8) is 0 Å². The van der Waals surface area contributed by atoms with Gasteiger partial charge in [0.15, 0.2) is 11.6 Å². The van der Waals surface area contributed by atoms with Gasteiger partial charge in [-0.25, -0.2) is 23.3 Å². The molecule has 0 aromatic heterocycles. The molecule has 2 aliphatic heterocycles. The lowest BCUT2D eigenvalue weighted by Crippen LogP contribution is -2.54. The number of nitrogens with one attached hydrogen (secondary N) is 3. The molecule has 1 aromatic rings.